The third-order valence-corrected chi connectivity index (χ3v) is 6.84. The van der Waals surface area contributed by atoms with Crippen LogP contribution in [0.4, 0.5) is 54.0 Å². The van der Waals surface area contributed by atoms with Gasteiger partial charge in [0.15, 0.2) is 23.3 Å². The summed E-state index contributed by atoms with van der Waals surface area (Å²) in [5, 5.41) is 20.2. The molecular formula is C32H12F11NO7. The van der Waals surface area contributed by atoms with Gasteiger partial charge in [0, 0.05) is 0 Å². The first-order chi connectivity index (χ1) is 24.1. The summed E-state index contributed by atoms with van der Waals surface area (Å²) in [4.78, 5) is 21.2. The molecule has 0 bridgehead atoms. The molecule has 0 aliphatic heterocycles. The van der Waals surface area contributed by atoms with Gasteiger partial charge >= 0.3 is 11.7 Å². The fraction of sp³-hybridized carbons (Fsp3) is 0.0312. The van der Waals surface area contributed by atoms with Crippen LogP contribution < -0.4 is 9.47 Å². The van der Waals surface area contributed by atoms with Gasteiger partial charge in [-0.15, -0.1) is 0 Å². The lowest BCUT2D eigenvalue weighted by atomic mass is 10.0. The second-order valence-corrected chi connectivity index (χ2v) is 9.94. The van der Waals surface area contributed by atoms with Crippen LogP contribution in [-0.2, 0) is 11.3 Å². The van der Waals surface area contributed by atoms with Gasteiger partial charge in [-0.2, -0.15) is 30.7 Å². The highest BCUT2D eigenvalue weighted by Gasteiger charge is 2.38. The predicted octanol–water partition coefficient (Wildman–Crippen LogP) is 9.44. The Morgan fingerprint density at radius 3 is 1.49 bits per heavy atom. The molecule has 0 aliphatic rings. The van der Waals surface area contributed by atoms with Crippen molar-refractivity contribution in [3.63, 3.8) is 0 Å². The van der Waals surface area contributed by atoms with E-state index in [1.807, 2.05) is 0 Å². The molecule has 1 N–H and O–H groups in total. The molecule has 0 unspecified atom stereocenters. The van der Waals surface area contributed by atoms with Crippen molar-refractivity contribution in [2.45, 2.75) is 6.61 Å². The number of benzene rings is 5. The summed E-state index contributed by atoms with van der Waals surface area (Å²) in [5.74, 6) is -40.2. The van der Waals surface area contributed by atoms with Gasteiger partial charge in [0.1, 0.15) is 12.4 Å². The van der Waals surface area contributed by atoms with Gasteiger partial charge in [-0.3, -0.25) is 10.1 Å². The average molecular weight is 731 g/mol. The maximum atomic E-state index is 15.1. The lowest BCUT2D eigenvalue weighted by molar-refractivity contribution is -0.389. The summed E-state index contributed by atoms with van der Waals surface area (Å²) in [6.07, 6.45) is 0. The largest absolute Gasteiger partial charge is 0.500 e. The molecule has 51 heavy (non-hydrogen) atoms. The number of carbonyl (C=O) groups excluding carboxylic acids is 1. The maximum absolute atomic E-state index is 15.1. The number of phenols is 1. The number of hydrogen-bond acceptors (Lipinski definition) is 7. The molecule has 0 heterocycles. The number of esters is 1. The first kappa shape index (κ1) is 35.9. The molecule has 0 fully saturated rings. The lowest BCUT2D eigenvalue weighted by Crippen LogP contribution is -2.10. The molecule has 0 saturated heterocycles. The molecule has 0 atom stereocenters. The number of nitrogens with zero attached hydrogens (tertiary/aromatic N) is 1. The minimum Gasteiger partial charge on any atom is -0.500 e. The zero-order valence-electron chi connectivity index (χ0n) is 24.4. The van der Waals surface area contributed by atoms with E-state index in [2.05, 4.69) is 4.74 Å². The van der Waals surface area contributed by atoms with Crippen molar-refractivity contribution in [3.8, 4) is 39.9 Å². The van der Waals surface area contributed by atoms with Crippen molar-refractivity contribution in [3.05, 3.63) is 140 Å². The van der Waals surface area contributed by atoms with Crippen molar-refractivity contribution >= 4 is 11.7 Å². The van der Waals surface area contributed by atoms with Gasteiger partial charge < -0.3 is 19.3 Å². The van der Waals surface area contributed by atoms with Crippen molar-refractivity contribution in [1.82, 2.24) is 0 Å². The van der Waals surface area contributed by atoms with Crippen LogP contribution in [0.3, 0.4) is 0 Å². The third-order valence-electron chi connectivity index (χ3n) is 6.84. The van der Waals surface area contributed by atoms with E-state index in [-0.39, 0.29) is 12.2 Å². The molecule has 264 valence electrons. The van der Waals surface area contributed by atoms with E-state index in [0.717, 1.165) is 24.3 Å². The number of carbonyl (C=O) groups is 1. The number of ether oxygens (including phenoxy) is 3. The van der Waals surface area contributed by atoms with Gasteiger partial charge in [-0.25, -0.2) is 22.4 Å². The monoisotopic (exact) mass is 731 g/mol. The van der Waals surface area contributed by atoms with Crippen molar-refractivity contribution in [1.29, 1.82) is 0 Å². The molecule has 5 rings (SSSR count). The Kier molecular flexibility index (Phi) is 9.74. The van der Waals surface area contributed by atoms with Crippen LogP contribution in [0.2, 0.25) is 0 Å². The molecular weight excluding hydrogens is 719 g/mol. The first-order valence-corrected chi connectivity index (χ1v) is 13.5. The Morgan fingerprint density at radius 2 is 1.02 bits per heavy atom. The summed E-state index contributed by atoms with van der Waals surface area (Å²) in [6.45, 7) is -0.120. The van der Waals surface area contributed by atoms with Gasteiger partial charge in [0.25, 0.3) is 0 Å². The zero-order chi connectivity index (χ0) is 37.5. The Balaban J connectivity index is 1.48. The predicted molar refractivity (Wildman–Crippen MR) is 148 cm³/mol. The standard InChI is InChI=1S/C32H12F11NO7/c33-16-14(15-18(35)23(40)30(24(41)19(15)36)51-31-25(42)20(37)27(44(47)48)28(45)26(31)43)17(34)22(39)29(21(16)38)50-13-8-6-12(7-9-13)32(46)49-10-11-4-2-1-3-5-11/h1-9,45H,10H2. The topological polar surface area (TPSA) is 108 Å². The molecule has 0 amide bonds. The van der Waals surface area contributed by atoms with Crippen LogP contribution in [0.1, 0.15) is 15.9 Å². The Hall–Kier alpha value is -6.40. The van der Waals surface area contributed by atoms with Gasteiger partial charge in [-0.05, 0) is 29.8 Å². The summed E-state index contributed by atoms with van der Waals surface area (Å²) in [6, 6.07) is 12.3. The van der Waals surface area contributed by atoms with Crippen molar-refractivity contribution in [2.75, 3.05) is 0 Å². The fourth-order valence-corrected chi connectivity index (χ4v) is 4.40. The number of aromatic hydroxyl groups is 1. The molecule has 0 saturated carbocycles. The highest BCUT2D eigenvalue weighted by Crippen LogP contribution is 2.46. The molecule has 0 radical (unpaired) electrons. The highest BCUT2D eigenvalue weighted by molar-refractivity contribution is 5.89. The van der Waals surface area contributed by atoms with Crippen molar-refractivity contribution in [2.24, 2.45) is 0 Å². The first-order valence-electron chi connectivity index (χ1n) is 13.5. The third kappa shape index (κ3) is 6.40. The second kappa shape index (κ2) is 13.8. The van der Waals surface area contributed by atoms with Crippen LogP contribution in [0.5, 0.6) is 28.7 Å². The van der Waals surface area contributed by atoms with Crippen LogP contribution in [0.25, 0.3) is 11.1 Å². The van der Waals surface area contributed by atoms with E-state index < -0.39 is 120 Å². The van der Waals surface area contributed by atoms with Crippen LogP contribution in [-0.4, -0.2) is 16.0 Å². The number of halogens is 11. The van der Waals surface area contributed by atoms with Gasteiger partial charge in [0.05, 0.1) is 21.6 Å². The minimum absolute atomic E-state index is 0.102. The number of nitro groups is 1. The smallest absolute Gasteiger partial charge is 0.352 e. The van der Waals surface area contributed by atoms with E-state index in [1.54, 1.807) is 30.3 Å². The second-order valence-electron chi connectivity index (χ2n) is 9.94. The number of phenolic OH excluding ortho intramolecular Hbond substituents is 1. The summed E-state index contributed by atoms with van der Waals surface area (Å²) < 4.78 is 177. The zero-order valence-corrected chi connectivity index (χ0v) is 24.4. The molecule has 8 nitrogen and oxygen atoms in total. The molecule has 5 aromatic rings. The Labute approximate surface area is 275 Å². The van der Waals surface area contributed by atoms with Gasteiger partial charge in [-0.1, -0.05) is 30.3 Å². The quantitative estimate of drug-likeness (QED) is 0.0529. The lowest BCUT2D eigenvalue weighted by Gasteiger charge is -2.17. The number of nitro benzene ring substituents is 1. The Bertz CT molecular complexity index is 2150. The molecule has 5 aromatic carbocycles. The van der Waals surface area contributed by atoms with E-state index >= 15 is 26.3 Å². The average Bonchev–Trinajstić information content (AvgIpc) is 3.11. The highest BCUT2D eigenvalue weighted by atomic mass is 19.2. The fourth-order valence-electron chi connectivity index (χ4n) is 4.40. The summed E-state index contributed by atoms with van der Waals surface area (Å²) in [5.41, 5.74) is -6.50. The van der Waals surface area contributed by atoms with Crippen LogP contribution >= 0.6 is 0 Å². The Morgan fingerprint density at radius 1 is 0.588 bits per heavy atom. The van der Waals surface area contributed by atoms with E-state index in [9.17, 15) is 42.0 Å². The molecule has 0 spiro atoms. The number of hydrogen-bond donors (Lipinski definition) is 1. The van der Waals surface area contributed by atoms with E-state index in [4.69, 9.17) is 9.47 Å². The SMILES string of the molecule is O=C(OCc1ccccc1)c1ccc(Oc2c(F)c(F)c(-c3c(F)c(F)c(Oc4c(F)c(O)c([N+](=O)[O-])c(F)c4F)c(F)c3F)c(F)c2F)cc1. The van der Waals surface area contributed by atoms with Crippen LogP contribution in [0.15, 0.2) is 54.6 Å². The van der Waals surface area contributed by atoms with Crippen molar-refractivity contribution < 1.29 is 77.3 Å². The summed E-state index contributed by atoms with van der Waals surface area (Å²) >= 11 is 0. The maximum Gasteiger partial charge on any atom is 0.352 e. The number of rotatable bonds is 9. The molecule has 19 heteroatoms. The van der Waals surface area contributed by atoms with Gasteiger partial charge in [0.2, 0.25) is 63.7 Å². The normalized spacial score (nSPS) is 11.0. The van der Waals surface area contributed by atoms with E-state index in [0.29, 0.717) is 5.56 Å². The summed E-state index contributed by atoms with van der Waals surface area (Å²) in [7, 11) is 0. The van der Waals surface area contributed by atoms with Crippen LogP contribution in [0, 0.1) is 74.1 Å². The molecule has 0 aliphatic carbocycles. The van der Waals surface area contributed by atoms with E-state index in [1.165, 1.54) is 0 Å². The molecule has 0 aromatic heterocycles. The minimum atomic E-state index is -2.88.